The van der Waals surface area contributed by atoms with E-state index in [1.807, 2.05) is 7.05 Å². The maximum atomic E-state index is 5.67. The second-order valence-electron chi connectivity index (χ2n) is 3.31. The SMILES string of the molecule is CNCCNC1CC=C(N)CC1. The molecule has 0 saturated carbocycles. The molecule has 1 atom stereocenters. The minimum Gasteiger partial charge on any atom is -0.402 e. The Morgan fingerprint density at radius 3 is 3.00 bits per heavy atom. The third-order valence-electron chi connectivity index (χ3n) is 2.25. The Balaban J connectivity index is 2.10. The molecule has 0 aromatic carbocycles. The van der Waals surface area contributed by atoms with Gasteiger partial charge in [0.05, 0.1) is 0 Å². The van der Waals surface area contributed by atoms with Gasteiger partial charge in [0.15, 0.2) is 0 Å². The molecule has 0 amide bonds. The second-order valence-corrected chi connectivity index (χ2v) is 3.31. The summed E-state index contributed by atoms with van der Waals surface area (Å²) in [5.74, 6) is 0. The average molecular weight is 169 g/mol. The summed E-state index contributed by atoms with van der Waals surface area (Å²) in [4.78, 5) is 0. The summed E-state index contributed by atoms with van der Waals surface area (Å²) < 4.78 is 0. The maximum absolute atomic E-state index is 5.67. The van der Waals surface area contributed by atoms with Crippen molar-refractivity contribution in [2.24, 2.45) is 5.73 Å². The van der Waals surface area contributed by atoms with Crippen molar-refractivity contribution in [3.8, 4) is 0 Å². The molecule has 0 aliphatic heterocycles. The van der Waals surface area contributed by atoms with Crippen LogP contribution in [0.1, 0.15) is 19.3 Å². The highest BCUT2D eigenvalue weighted by atomic mass is 14.9. The van der Waals surface area contributed by atoms with Gasteiger partial charge in [-0.25, -0.2) is 0 Å². The Morgan fingerprint density at radius 1 is 1.58 bits per heavy atom. The summed E-state index contributed by atoms with van der Waals surface area (Å²) in [6.45, 7) is 2.09. The zero-order chi connectivity index (χ0) is 8.81. The van der Waals surface area contributed by atoms with Crippen molar-refractivity contribution in [2.75, 3.05) is 20.1 Å². The number of hydrogen-bond donors (Lipinski definition) is 3. The van der Waals surface area contributed by atoms with Crippen LogP contribution in [0.4, 0.5) is 0 Å². The first-order chi connectivity index (χ1) is 5.83. The van der Waals surface area contributed by atoms with Crippen LogP contribution in [0, 0.1) is 0 Å². The molecular formula is C9H19N3. The molecule has 0 fully saturated rings. The smallest absolute Gasteiger partial charge is 0.0107 e. The highest BCUT2D eigenvalue weighted by Gasteiger charge is 2.10. The second kappa shape index (κ2) is 5.17. The van der Waals surface area contributed by atoms with Crippen LogP contribution < -0.4 is 16.4 Å². The van der Waals surface area contributed by atoms with Gasteiger partial charge in [-0.2, -0.15) is 0 Å². The molecule has 1 rings (SSSR count). The molecule has 0 heterocycles. The van der Waals surface area contributed by atoms with Gasteiger partial charge in [-0.05, 0) is 26.3 Å². The van der Waals surface area contributed by atoms with E-state index in [0.717, 1.165) is 31.6 Å². The van der Waals surface area contributed by atoms with Gasteiger partial charge >= 0.3 is 0 Å². The first-order valence-electron chi connectivity index (χ1n) is 4.65. The van der Waals surface area contributed by atoms with Crippen LogP contribution in [0.3, 0.4) is 0 Å². The van der Waals surface area contributed by atoms with Gasteiger partial charge in [0.25, 0.3) is 0 Å². The van der Waals surface area contributed by atoms with Crippen LogP contribution >= 0.6 is 0 Å². The van der Waals surface area contributed by atoms with Gasteiger partial charge in [-0.1, -0.05) is 6.08 Å². The Kier molecular flexibility index (Phi) is 4.11. The minimum atomic E-state index is 0.644. The maximum Gasteiger partial charge on any atom is 0.0107 e. The lowest BCUT2D eigenvalue weighted by molar-refractivity contribution is 0.465. The fourth-order valence-electron chi connectivity index (χ4n) is 1.44. The van der Waals surface area contributed by atoms with Gasteiger partial charge in [-0.15, -0.1) is 0 Å². The summed E-state index contributed by atoms with van der Waals surface area (Å²) >= 11 is 0. The zero-order valence-corrected chi connectivity index (χ0v) is 7.77. The van der Waals surface area contributed by atoms with Crippen LogP contribution in [0.15, 0.2) is 11.8 Å². The van der Waals surface area contributed by atoms with E-state index in [2.05, 4.69) is 16.7 Å². The Morgan fingerprint density at radius 2 is 2.42 bits per heavy atom. The van der Waals surface area contributed by atoms with Crippen molar-refractivity contribution < 1.29 is 0 Å². The molecular weight excluding hydrogens is 150 g/mol. The van der Waals surface area contributed by atoms with Crippen LogP contribution in [0.25, 0.3) is 0 Å². The zero-order valence-electron chi connectivity index (χ0n) is 7.77. The number of likely N-dealkylation sites (N-methyl/N-ethyl adjacent to an activating group) is 1. The van der Waals surface area contributed by atoms with Gasteiger partial charge < -0.3 is 16.4 Å². The fourth-order valence-corrected chi connectivity index (χ4v) is 1.44. The molecule has 0 spiro atoms. The average Bonchev–Trinajstić information content (AvgIpc) is 2.09. The van der Waals surface area contributed by atoms with Gasteiger partial charge in [0, 0.05) is 24.8 Å². The highest BCUT2D eigenvalue weighted by molar-refractivity contribution is 5.03. The normalized spacial score (nSPS) is 23.8. The van der Waals surface area contributed by atoms with Crippen LogP contribution in [-0.4, -0.2) is 26.2 Å². The summed E-state index contributed by atoms with van der Waals surface area (Å²) in [7, 11) is 1.97. The molecule has 3 nitrogen and oxygen atoms in total. The standard InChI is InChI=1S/C9H19N3/c1-11-6-7-12-9-4-2-8(10)3-5-9/h2,9,11-12H,3-7,10H2,1H3. The van der Waals surface area contributed by atoms with Gasteiger partial charge in [0.1, 0.15) is 0 Å². The Bertz CT molecular complexity index is 154. The predicted molar refractivity (Wildman–Crippen MR) is 51.8 cm³/mol. The van der Waals surface area contributed by atoms with E-state index in [1.54, 1.807) is 0 Å². The number of allylic oxidation sites excluding steroid dienone is 1. The van der Waals surface area contributed by atoms with Gasteiger partial charge in [-0.3, -0.25) is 0 Å². The molecule has 70 valence electrons. The molecule has 0 aromatic heterocycles. The molecule has 0 aromatic rings. The number of nitrogens with one attached hydrogen (secondary N) is 2. The van der Waals surface area contributed by atoms with Crippen molar-refractivity contribution >= 4 is 0 Å². The van der Waals surface area contributed by atoms with E-state index >= 15 is 0 Å². The lowest BCUT2D eigenvalue weighted by atomic mass is 10.00. The van der Waals surface area contributed by atoms with Gasteiger partial charge in [0.2, 0.25) is 0 Å². The summed E-state index contributed by atoms with van der Waals surface area (Å²) in [6, 6.07) is 0.644. The summed E-state index contributed by atoms with van der Waals surface area (Å²) in [5, 5.41) is 6.59. The molecule has 1 aliphatic carbocycles. The largest absolute Gasteiger partial charge is 0.402 e. The summed E-state index contributed by atoms with van der Waals surface area (Å²) in [6.07, 6.45) is 5.47. The first kappa shape index (κ1) is 9.55. The highest BCUT2D eigenvalue weighted by Crippen LogP contribution is 2.13. The van der Waals surface area contributed by atoms with E-state index in [-0.39, 0.29) is 0 Å². The molecule has 4 N–H and O–H groups in total. The topological polar surface area (TPSA) is 50.1 Å². The third-order valence-corrected chi connectivity index (χ3v) is 2.25. The Labute approximate surface area is 74.4 Å². The van der Waals surface area contributed by atoms with Crippen molar-refractivity contribution in [1.82, 2.24) is 10.6 Å². The predicted octanol–water partition coefficient (Wildman–Crippen LogP) is 0.191. The minimum absolute atomic E-state index is 0.644. The van der Waals surface area contributed by atoms with Crippen LogP contribution in [0.2, 0.25) is 0 Å². The van der Waals surface area contributed by atoms with Crippen molar-refractivity contribution in [1.29, 1.82) is 0 Å². The quantitative estimate of drug-likeness (QED) is 0.527. The van der Waals surface area contributed by atoms with Crippen molar-refractivity contribution in [3.63, 3.8) is 0 Å². The fraction of sp³-hybridized carbons (Fsp3) is 0.778. The van der Waals surface area contributed by atoms with Crippen molar-refractivity contribution in [2.45, 2.75) is 25.3 Å². The Hall–Kier alpha value is -0.540. The number of nitrogens with two attached hydrogens (primary N) is 1. The van der Waals surface area contributed by atoms with E-state index in [9.17, 15) is 0 Å². The lowest BCUT2D eigenvalue weighted by Crippen LogP contribution is -2.35. The van der Waals surface area contributed by atoms with E-state index in [0.29, 0.717) is 6.04 Å². The molecule has 0 bridgehead atoms. The third kappa shape index (κ3) is 3.24. The number of hydrogen-bond acceptors (Lipinski definition) is 3. The molecule has 1 unspecified atom stereocenters. The monoisotopic (exact) mass is 169 g/mol. The van der Waals surface area contributed by atoms with Crippen LogP contribution in [0.5, 0.6) is 0 Å². The molecule has 0 saturated heterocycles. The van der Waals surface area contributed by atoms with E-state index in [1.165, 1.54) is 6.42 Å². The molecule has 0 radical (unpaired) electrons. The lowest BCUT2D eigenvalue weighted by Gasteiger charge is -2.21. The molecule has 12 heavy (non-hydrogen) atoms. The number of rotatable bonds is 4. The summed E-state index contributed by atoms with van der Waals surface area (Å²) in [5.41, 5.74) is 6.73. The van der Waals surface area contributed by atoms with Crippen molar-refractivity contribution in [3.05, 3.63) is 11.8 Å². The van der Waals surface area contributed by atoms with Crippen LogP contribution in [-0.2, 0) is 0 Å². The first-order valence-corrected chi connectivity index (χ1v) is 4.65. The van der Waals surface area contributed by atoms with E-state index < -0.39 is 0 Å². The van der Waals surface area contributed by atoms with E-state index in [4.69, 9.17) is 5.73 Å². The molecule has 1 aliphatic rings. The molecule has 3 heteroatoms.